The lowest BCUT2D eigenvalue weighted by Crippen LogP contribution is -2.34. The molecule has 0 radical (unpaired) electrons. The van der Waals surface area contributed by atoms with E-state index in [1.165, 1.54) is 0 Å². The lowest BCUT2D eigenvalue weighted by molar-refractivity contribution is 0.0922. The van der Waals surface area contributed by atoms with Crippen molar-refractivity contribution in [1.82, 2.24) is 14.7 Å². The Bertz CT molecular complexity index is 811. The van der Waals surface area contributed by atoms with Gasteiger partial charge < -0.3 is 19.6 Å². The van der Waals surface area contributed by atoms with Gasteiger partial charge in [-0.05, 0) is 37.3 Å². The predicted octanol–water partition coefficient (Wildman–Crippen LogP) is 2.02. The molecule has 0 saturated carbocycles. The van der Waals surface area contributed by atoms with Gasteiger partial charge in [0.1, 0.15) is 18.0 Å². The van der Waals surface area contributed by atoms with Crippen LogP contribution in [-0.2, 0) is 6.61 Å². The highest BCUT2D eigenvalue weighted by Gasteiger charge is 2.10. The monoisotopic (exact) mass is 325 g/mol. The van der Waals surface area contributed by atoms with Crippen LogP contribution in [0.4, 0.5) is 0 Å². The summed E-state index contributed by atoms with van der Waals surface area (Å²) in [7, 11) is 0. The normalized spacial score (nSPS) is 12.1. The van der Waals surface area contributed by atoms with Gasteiger partial charge in [-0.15, -0.1) is 0 Å². The Balaban J connectivity index is 1.67. The number of aromatic nitrogens is 2. The van der Waals surface area contributed by atoms with Crippen LogP contribution in [0.5, 0.6) is 5.75 Å². The van der Waals surface area contributed by atoms with Crippen molar-refractivity contribution in [2.24, 2.45) is 0 Å². The predicted molar refractivity (Wildman–Crippen MR) is 90.0 cm³/mol. The number of ether oxygens (including phenoxy) is 1. The van der Waals surface area contributed by atoms with Crippen LogP contribution in [0.1, 0.15) is 23.0 Å². The lowest BCUT2D eigenvalue weighted by atomic mass is 10.2. The van der Waals surface area contributed by atoms with E-state index < -0.39 is 0 Å². The number of carbonyl (C=O) groups is 1. The molecule has 2 heterocycles. The SMILES string of the molecule is C[C@H](CO)NC(=O)c1cccc(OCc2cn3ccccc3n2)c1. The van der Waals surface area contributed by atoms with Gasteiger partial charge in [-0.1, -0.05) is 12.1 Å². The van der Waals surface area contributed by atoms with Crippen molar-refractivity contribution in [1.29, 1.82) is 0 Å². The Labute approximate surface area is 139 Å². The molecule has 6 nitrogen and oxygen atoms in total. The number of pyridine rings is 1. The smallest absolute Gasteiger partial charge is 0.251 e. The maximum Gasteiger partial charge on any atom is 0.251 e. The Morgan fingerprint density at radius 3 is 3.00 bits per heavy atom. The van der Waals surface area contributed by atoms with Crippen LogP contribution in [0.3, 0.4) is 0 Å². The molecular formula is C18H19N3O3. The zero-order valence-electron chi connectivity index (χ0n) is 13.3. The minimum absolute atomic E-state index is 0.101. The number of benzene rings is 1. The molecule has 0 aliphatic heterocycles. The van der Waals surface area contributed by atoms with Gasteiger partial charge in [0, 0.05) is 24.0 Å². The second kappa shape index (κ2) is 7.14. The van der Waals surface area contributed by atoms with Gasteiger partial charge in [0.05, 0.1) is 12.3 Å². The molecule has 1 atom stereocenters. The average molecular weight is 325 g/mol. The van der Waals surface area contributed by atoms with Crippen molar-refractivity contribution >= 4 is 11.6 Å². The number of nitrogens with one attached hydrogen (secondary N) is 1. The number of imidazole rings is 1. The topological polar surface area (TPSA) is 75.9 Å². The molecule has 0 unspecified atom stereocenters. The summed E-state index contributed by atoms with van der Waals surface area (Å²) in [6.45, 7) is 1.96. The van der Waals surface area contributed by atoms with Crippen molar-refractivity contribution in [2.75, 3.05) is 6.61 Å². The maximum atomic E-state index is 12.1. The van der Waals surface area contributed by atoms with E-state index in [0.717, 1.165) is 11.3 Å². The summed E-state index contributed by atoms with van der Waals surface area (Å²) in [6.07, 6.45) is 3.84. The fourth-order valence-electron chi connectivity index (χ4n) is 2.29. The summed E-state index contributed by atoms with van der Waals surface area (Å²) in [5.74, 6) is 0.353. The Kier molecular flexibility index (Phi) is 4.77. The molecule has 0 saturated heterocycles. The molecular weight excluding hydrogens is 306 g/mol. The largest absolute Gasteiger partial charge is 0.487 e. The van der Waals surface area contributed by atoms with Gasteiger partial charge >= 0.3 is 0 Å². The first-order valence-corrected chi connectivity index (χ1v) is 7.73. The minimum Gasteiger partial charge on any atom is -0.487 e. The first kappa shape index (κ1) is 16.0. The van der Waals surface area contributed by atoms with Crippen molar-refractivity contribution in [2.45, 2.75) is 19.6 Å². The molecule has 3 rings (SSSR count). The van der Waals surface area contributed by atoms with Gasteiger partial charge in [-0.25, -0.2) is 4.98 Å². The fraction of sp³-hybridized carbons (Fsp3) is 0.222. The van der Waals surface area contributed by atoms with Crippen LogP contribution in [0.25, 0.3) is 5.65 Å². The van der Waals surface area contributed by atoms with Crippen LogP contribution in [0, 0.1) is 0 Å². The lowest BCUT2D eigenvalue weighted by Gasteiger charge is -2.11. The highest BCUT2D eigenvalue weighted by Crippen LogP contribution is 2.15. The first-order valence-electron chi connectivity index (χ1n) is 7.73. The van der Waals surface area contributed by atoms with Crippen molar-refractivity contribution in [3.05, 3.63) is 66.1 Å². The number of rotatable bonds is 6. The van der Waals surface area contributed by atoms with Crippen LogP contribution < -0.4 is 10.1 Å². The van der Waals surface area contributed by atoms with Crippen LogP contribution in [0.15, 0.2) is 54.9 Å². The molecule has 2 aromatic heterocycles. The zero-order valence-corrected chi connectivity index (χ0v) is 13.3. The van der Waals surface area contributed by atoms with E-state index in [4.69, 9.17) is 9.84 Å². The standard InChI is InChI=1S/C18H19N3O3/c1-13(11-22)19-18(23)14-5-4-6-16(9-14)24-12-15-10-21-8-3-2-7-17(21)20-15/h2-10,13,22H,11-12H2,1H3,(H,19,23)/t13-/m1/s1. The summed E-state index contributed by atoms with van der Waals surface area (Å²) in [4.78, 5) is 16.5. The summed E-state index contributed by atoms with van der Waals surface area (Å²) < 4.78 is 7.67. The van der Waals surface area contributed by atoms with Gasteiger partial charge in [0.25, 0.3) is 5.91 Å². The number of fused-ring (bicyclic) bond motifs is 1. The van der Waals surface area contributed by atoms with Crippen molar-refractivity contribution in [3.63, 3.8) is 0 Å². The van der Waals surface area contributed by atoms with E-state index in [1.54, 1.807) is 31.2 Å². The van der Waals surface area contributed by atoms with E-state index in [1.807, 2.05) is 35.0 Å². The van der Waals surface area contributed by atoms with Gasteiger partial charge in [0.15, 0.2) is 0 Å². The third-order valence-corrected chi connectivity index (χ3v) is 3.55. The maximum absolute atomic E-state index is 12.1. The molecule has 0 fully saturated rings. The van der Waals surface area contributed by atoms with E-state index in [0.29, 0.717) is 17.9 Å². The summed E-state index contributed by atoms with van der Waals surface area (Å²) in [5, 5.41) is 11.7. The van der Waals surface area contributed by atoms with Crippen LogP contribution in [0.2, 0.25) is 0 Å². The molecule has 0 aliphatic rings. The number of amides is 1. The van der Waals surface area contributed by atoms with Crippen LogP contribution in [-0.4, -0.2) is 33.0 Å². The molecule has 0 spiro atoms. The van der Waals surface area contributed by atoms with Crippen LogP contribution >= 0.6 is 0 Å². The van der Waals surface area contributed by atoms with Gasteiger partial charge in [-0.3, -0.25) is 4.79 Å². The van der Waals surface area contributed by atoms with E-state index >= 15 is 0 Å². The van der Waals surface area contributed by atoms with Gasteiger partial charge in [0.2, 0.25) is 0 Å². The molecule has 3 aromatic rings. The number of hydrogen-bond acceptors (Lipinski definition) is 4. The Hall–Kier alpha value is -2.86. The number of nitrogens with zero attached hydrogens (tertiary/aromatic N) is 2. The molecule has 124 valence electrons. The molecule has 2 N–H and O–H groups in total. The molecule has 1 aromatic carbocycles. The van der Waals surface area contributed by atoms with E-state index in [-0.39, 0.29) is 18.6 Å². The Morgan fingerprint density at radius 1 is 1.33 bits per heavy atom. The summed E-state index contributed by atoms with van der Waals surface area (Å²) >= 11 is 0. The van der Waals surface area contributed by atoms with Crippen molar-refractivity contribution < 1.29 is 14.6 Å². The highest BCUT2D eigenvalue weighted by molar-refractivity contribution is 5.94. The number of hydrogen-bond donors (Lipinski definition) is 2. The van der Waals surface area contributed by atoms with E-state index in [2.05, 4.69) is 10.3 Å². The second-order valence-electron chi connectivity index (χ2n) is 5.57. The number of aliphatic hydroxyl groups is 1. The number of carbonyl (C=O) groups excluding carboxylic acids is 1. The Morgan fingerprint density at radius 2 is 2.21 bits per heavy atom. The highest BCUT2D eigenvalue weighted by atomic mass is 16.5. The third kappa shape index (κ3) is 3.72. The molecule has 6 heteroatoms. The summed E-state index contributed by atoms with van der Waals surface area (Å²) in [6, 6.07) is 12.4. The molecule has 0 aliphatic carbocycles. The summed E-state index contributed by atoms with van der Waals surface area (Å²) in [5.41, 5.74) is 2.16. The quantitative estimate of drug-likeness (QED) is 0.727. The number of aliphatic hydroxyl groups excluding tert-OH is 1. The molecule has 1 amide bonds. The van der Waals surface area contributed by atoms with Crippen molar-refractivity contribution in [3.8, 4) is 5.75 Å². The first-order chi connectivity index (χ1) is 11.7. The third-order valence-electron chi connectivity index (χ3n) is 3.55. The van der Waals surface area contributed by atoms with E-state index in [9.17, 15) is 4.79 Å². The fourth-order valence-corrected chi connectivity index (χ4v) is 2.29. The average Bonchev–Trinajstić information content (AvgIpc) is 3.03. The second-order valence-corrected chi connectivity index (χ2v) is 5.57. The zero-order chi connectivity index (χ0) is 16.9. The minimum atomic E-state index is -0.292. The molecule has 24 heavy (non-hydrogen) atoms. The van der Waals surface area contributed by atoms with Gasteiger partial charge in [-0.2, -0.15) is 0 Å². The molecule has 0 bridgehead atoms.